The molecule has 2 N–H and O–H groups in total. The molecule has 0 unspecified atom stereocenters. The van der Waals surface area contributed by atoms with E-state index in [0.29, 0.717) is 0 Å². The minimum atomic E-state index is 0.837. The number of benzene rings is 2. The Labute approximate surface area is 214 Å². The molecule has 6 nitrogen and oxygen atoms in total. The molecule has 0 atom stereocenters. The molecular weight excluding hydrogens is 444 g/mol. The zero-order chi connectivity index (χ0) is 24.4. The zero-order valence-corrected chi connectivity index (χ0v) is 21.2. The van der Waals surface area contributed by atoms with Gasteiger partial charge in [-0.2, -0.15) is 0 Å². The molecule has 3 heterocycles. The number of pyridine rings is 2. The van der Waals surface area contributed by atoms with Gasteiger partial charge in [0.25, 0.3) is 0 Å². The molecule has 2 aromatic carbocycles. The fourth-order valence-corrected chi connectivity index (χ4v) is 4.94. The summed E-state index contributed by atoms with van der Waals surface area (Å²) < 4.78 is 0. The molecule has 2 aromatic heterocycles. The molecule has 0 bridgehead atoms. The molecule has 1 aliphatic rings. The molecule has 36 heavy (non-hydrogen) atoms. The maximum Gasteiger partial charge on any atom is 0.0705 e. The van der Waals surface area contributed by atoms with Gasteiger partial charge < -0.3 is 20.4 Å². The Morgan fingerprint density at radius 3 is 1.47 bits per heavy atom. The first-order chi connectivity index (χ1) is 17.8. The number of hydrogen-bond donors (Lipinski definition) is 2. The van der Waals surface area contributed by atoms with Crippen molar-refractivity contribution in [1.29, 1.82) is 0 Å². The van der Waals surface area contributed by atoms with Crippen molar-refractivity contribution in [2.45, 2.75) is 25.9 Å². The van der Waals surface area contributed by atoms with Gasteiger partial charge in [-0.3, -0.25) is 9.97 Å². The summed E-state index contributed by atoms with van der Waals surface area (Å²) in [4.78, 5) is 14.7. The number of nitrogens with zero attached hydrogens (tertiary/aromatic N) is 4. The van der Waals surface area contributed by atoms with Crippen LogP contribution in [0.5, 0.6) is 0 Å². The summed E-state index contributed by atoms with van der Waals surface area (Å²) in [7, 11) is 0. The third-order valence-corrected chi connectivity index (χ3v) is 7.05. The number of nitrogens with one attached hydrogen (secondary N) is 2. The normalized spacial score (nSPS) is 15.1. The van der Waals surface area contributed by atoms with E-state index in [1.165, 1.54) is 62.9 Å². The standard InChI is InChI=1S/C30H38N6/c1-3-9-29-25(7-1)11-13-27(33-29)23-31-15-5-17-35-19-21-36(22-20-35)18-6-16-32-24-28-14-12-26-8-2-4-10-30(26)34-28/h1-4,7-14,31-32H,5-6,15-24H2. The summed E-state index contributed by atoms with van der Waals surface area (Å²) in [5.41, 5.74) is 4.38. The molecule has 4 aromatic rings. The van der Waals surface area contributed by atoms with Gasteiger partial charge in [-0.1, -0.05) is 48.5 Å². The van der Waals surface area contributed by atoms with Crippen LogP contribution in [-0.4, -0.2) is 72.1 Å². The molecule has 0 aliphatic carbocycles. The van der Waals surface area contributed by atoms with Crippen LogP contribution in [0.4, 0.5) is 0 Å². The average Bonchev–Trinajstić information content (AvgIpc) is 2.93. The number of fused-ring (bicyclic) bond motifs is 2. The Bertz CT molecular complexity index is 1140. The maximum absolute atomic E-state index is 4.75. The lowest BCUT2D eigenvalue weighted by Crippen LogP contribution is -2.47. The van der Waals surface area contributed by atoms with Crippen LogP contribution in [0.25, 0.3) is 21.8 Å². The smallest absolute Gasteiger partial charge is 0.0705 e. The third kappa shape index (κ3) is 7.08. The molecule has 1 fully saturated rings. The molecule has 0 amide bonds. The van der Waals surface area contributed by atoms with Crippen LogP contribution >= 0.6 is 0 Å². The first kappa shape index (κ1) is 24.8. The Hall–Kier alpha value is -2.90. The molecule has 0 radical (unpaired) electrons. The Balaban J connectivity index is 0.901. The van der Waals surface area contributed by atoms with Crippen LogP contribution in [0, 0.1) is 0 Å². The highest BCUT2D eigenvalue weighted by Crippen LogP contribution is 2.12. The van der Waals surface area contributed by atoms with Crippen molar-refractivity contribution in [3.05, 3.63) is 84.2 Å². The first-order valence-electron chi connectivity index (χ1n) is 13.4. The van der Waals surface area contributed by atoms with Crippen LogP contribution < -0.4 is 10.6 Å². The SMILES string of the molecule is c1ccc2nc(CNCCCN3CCN(CCCNCc4ccc5ccccc5n4)CC3)ccc2c1. The minimum Gasteiger partial charge on any atom is -0.311 e. The monoisotopic (exact) mass is 482 g/mol. The summed E-state index contributed by atoms with van der Waals surface area (Å²) in [6, 6.07) is 25.2. The number of piperazine rings is 1. The number of hydrogen-bond acceptors (Lipinski definition) is 6. The highest BCUT2D eigenvalue weighted by atomic mass is 15.3. The lowest BCUT2D eigenvalue weighted by molar-refractivity contribution is 0.130. The molecule has 5 rings (SSSR count). The summed E-state index contributed by atoms with van der Waals surface area (Å²) in [6.07, 6.45) is 2.36. The minimum absolute atomic E-state index is 0.837. The fourth-order valence-electron chi connectivity index (χ4n) is 4.94. The molecule has 6 heteroatoms. The van der Waals surface area contributed by atoms with E-state index in [4.69, 9.17) is 9.97 Å². The second kappa shape index (κ2) is 12.9. The third-order valence-electron chi connectivity index (χ3n) is 7.05. The van der Waals surface area contributed by atoms with Crippen LogP contribution in [-0.2, 0) is 13.1 Å². The van der Waals surface area contributed by atoms with E-state index in [1.807, 2.05) is 12.1 Å². The second-order valence-corrected chi connectivity index (χ2v) is 9.73. The van der Waals surface area contributed by atoms with Crippen LogP contribution in [0.3, 0.4) is 0 Å². The highest BCUT2D eigenvalue weighted by molar-refractivity contribution is 5.79. The molecule has 0 saturated carbocycles. The first-order valence-corrected chi connectivity index (χ1v) is 13.4. The van der Waals surface area contributed by atoms with Crippen LogP contribution in [0.15, 0.2) is 72.8 Å². The zero-order valence-electron chi connectivity index (χ0n) is 21.2. The van der Waals surface area contributed by atoms with E-state index in [0.717, 1.165) is 48.6 Å². The highest BCUT2D eigenvalue weighted by Gasteiger charge is 2.15. The van der Waals surface area contributed by atoms with Crippen molar-refractivity contribution in [1.82, 2.24) is 30.4 Å². The lowest BCUT2D eigenvalue weighted by atomic mass is 10.2. The van der Waals surface area contributed by atoms with E-state index >= 15 is 0 Å². The Kier molecular flexibility index (Phi) is 8.86. The number of para-hydroxylation sites is 2. The van der Waals surface area contributed by atoms with Gasteiger partial charge in [0.2, 0.25) is 0 Å². The van der Waals surface area contributed by atoms with E-state index in [2.05, 4.69) is 81.1 Å². The molecule has 1 aliphatic heterocycles. The van der Waals surface area contributed by atoms with E-state index in [-0.39, 0.29) is 0 Å². The van der Waals surface area contributed by atoms with Crippen molar-refractivity contribution in [2.75, 3.05) is 52.4 Å². The molecule has 0 spiro atoms. The van der Waals surface area contributed by atoms with Gasteiger partial charge in [0.05, 0.1) is 22.4 Å². The number of rotatable bonds is 12. The fraction of sp³-hybridized carbons (Fsp3) is 0.400. The van der Waals surface area contributed by atoms with Crippen molar-refractivity contribution >= 4 is 21.8 Å². The second-order valence-electron chi connectivity index (χ2n) is 9.73. The predicted molar refractivity (Wildman–Crippen MR) is 149 cm³/mol. The predicted octanol–water partition coefficient (Wildman–Crippen LogP) is 4.06. The van der Waals surface area contributed by atoms with Gasteiger partial charge in [0, 0.05) is 50.0 Å². The van der Waals surface area contributed by atoms with Gasteiger partial charge in [-0.15, -0.1) is 0 Å². The van der Waals surface area contributed by atoms with Gasteiger partial charge in [-0.25, -0.2) is 0 Å². The van der Waals surface area contributed by atoms with E-state index in [9.17, 15) is 0 Å². The summed E-state index contributed by atoms with van der Waals surface area (Å²) in [5, 5.41) is 9.54. The summed E-state index contributed by atoms with van der Waals surface area (Å²) >= 11 is 0. The van der Waals surface area contributed by atoms with Gasteiger partial charge in [-0.05, 0) is 63.3 Å². The molecule has 1 saturated heterocycles. The lowest BCUT2D eigenvalue weighted by Gasteiger charge is -2.34. The maximum atomic E-state index is 4.75. The summed E-state index contributed by atoms with van der Waals surface area (Å²) in [6.45, 7) is 10.8. The van der Waals surface area contributed by atoms with E-state index in [1.54, 1.807) is 0 Å². The van der Waals surface area contributed by atoms with Crippen molar-refractivity contribution in [3.8, 4) is 0 Å². The van der Waals surface area contributed by atoms with Crippen molar-refractivity contribution < 1.29 is 0 Å². The number of aromatic nitrogens is 2. The van der Waals surface area contributed by atoms with Crippen molar-refractivity contribution in [3.63, 3.8) is 0 Å². The topological polar surface area (TPSA) is 56.3 Å². The Morgan fingerprint density at radius 2 is 1.00 bits per heavy atom. The van der Waals surface area contributed by atoms with Gasteiger partial charge in [0.1, 0.15) is 0 Å². The van der Waals surface area contributed by atoms with Gasteiger partial charge >= 0.3 is 0 Å². The van der Waals surface area contributed by atoms with Crippen molar-refractivity contribution in [2.24, 2.45) is 0 Å². The average molecular weight is 483 g/mol. The summed E-state index contributed by atoms with van der Waals surface area (Å²) in [5.74, 6) is 0. The largest absolute Gasteiger partial charge is 0.311 e. The molecule has 188 valence electrons. The van der Waals surface area contributed by atoms with Gasteiger partial charge in [0.15, 0.2) is 0 Å². The van der Waals surface area contributed by atoms with E-state index < -0.39 is 0 Å². The quantitative estimate of drug-likeness (QED) is 0.297. The molecular formula is C30H38N6. The van der Waals surface area contributed by atoms with Crippen LogP contribution in [0.1, 0.15) is 24.2 Å². The van der Waals surface area contributed by atoms with Crippen LogP contribution in [0.2, 0.25) is 0 Å². The Morgan fingerprint density at radius 1 is 0.556 bits per heavy atom.